The van der Waals surface area contributed by atoms with Crippen LogP contribution in [0.25, 0.3) is 0 Å². The maximum absolute atomic E-state index is 12.4. The van der Waals surface area contributed by atoms with E-state index in [-0.39, 0.29) is 0 Å². The number of benzene rings is 1. The van der Waals surface area contributed by atoms with Gasteiger partial charge in [0, 0.05) is 23.2 Å². The lowest BCUT2D eigenvalue weighted by molar-refractivity contribution is 0.399. The number of aromatic nitrogens is 1. The van der Waals surface area contributed by atoms with Gasteiger partial charge in [0.25, 0.3) is 0 Å². The number of alkyl halides is 1. The molecule has 0 saturated carbocycles. The fourth-order valence-corrected chi connectivity index (χ4v) is 2.61. The molecule has 0 amide bonds. The van der Waals surface area contributed by atoms with Gasteiger partial charge in [-0.25, -0.2) is 9.37 Å². The molecule has 100 valence electrons. The third-order valence-electron chi connectivity index (χ3n) is 2.63. The molecule has 0 fully saturated rings. The van der Waals surface area contributed by atoms with E-state index in [1.165, 1.54) is 10.5 Å². The third kappa shape index (κ3) is 4.04. The summed E-state index contributed by atoms with van der Waals surface area (Å²) < 4.78 is 12.4. The molecule has 19 heavy (non-hydrogen) atoms. The first-order valence-corrected chi connectivity index (χ1v) is 6.92. The molecule has 0 aliphatic rings. The minimum absolute atomic E-state index is 0.463. The summed E-state index contributed by atoms with van der Waals surface area (Å²) in [5.74, 6) is 0. The quantitative estimate of drug-likeness (QED) is 0.826. The van der Waals surface area contributed by atoms with Gasteiger partial charge < -0.3 is 4.90 Å². The molecule has 0 aliphatic carbocycles. The van der Waals surface area contributed by atoms with Gasteiger partial charge in [0.2, 0.25) is 0 Å². The van der Waals surface area contributed by atoms with Crippen LogP contribution in [0.15, 0.2) is 52.5 Å². The minimum Gasteiger partial charge on any atom is -0.305 e. The normalized spacial score (nSPS) is 10.9. The fraction of sp³-hybridized carbons (Fsp3) is 0.267. The van der Waals surface area contributed by atoms with Crippen LogP contribution in [0.1, 0.15) is 11.1 Å². The van der Waals surface area contributed by atoms with E-state index < -0.39 is 6.67 Å². The van der Waals surface area contributed by atoms with Crippen molar-refractivity contribution in [1.82, 2.24) is 9.88 Å². The lowest BCUT2D eigenvalue weighted by Gasteiger charge is -2.13. The van der Waals surface area contributed by atoms with Gasteiger partial charge in [-0.2, -0.15) is 0 Å². The van der Waals surface area contributed by atoms with Crippen LogP contribution in [0, 0.1) is 0 Å². The maximum atomic E-state index is 12.4. The van der Waals surface area contributed by atoms with E-state index in [1.54, 1.807) is 24.0 Å². The van der Waals surface area contributed by atoms with Crippen molar-refractivity contribution in [1.29, 1.82) is 0 Å². The molecule has 1 heterocycles. The number of rotatable bonds is 5. The average Bonchev–Trinajstić information content (AvgIpc) is 2.41. The second-order valence-corrected chi connectivity index (χ2v) is 5.65. The van der Waals surface area contributed by atoms with E-state index in [0.29, 0.717) is 5.56 Å². The molecular formula is C15H17FN2S. The monoisotopic (exact) mass is 275 g/mol. The molecule has 0 atom stereocenters. The SMILES string of the molecule is CN([11CH3])Cc1ccccc1Sc1ccc(CF)cn1. The van der Waals surface area contributed by atoms with Gasteiger partial charge in [-0.1, -0.05) is 36.0 Å². The second kappa shape index (κ2) is 6.68. The summed E-state index contributed by atoms with van der Waals surface area (Å²) in [7, 11) is 4.10. The van der Waals surface area contributed by atoms with Crippen molar-refractivity contribution in [3.05, 3.63) is 53.7 Å². The molecular weight excluding hydrogens is 258 g/mol. The minimum atomic E-state index is -0.463. The van der Waals surface area contributed by atoms with Crippen molar-refractivity contribution in [3.63, 3.8) is 0 Å². The molecule has 2 rings (SSSR count). The molecule has 0 bridgehead atoms. The highest BCUT2D eigenvalue weighted by molar-refractivity contribution is 7.99. The summed E-state index contributed by atoms with van der Waals surface area (Å²) in [5.41, 5.74) is 1.89. The van der Waals surface area contributed by atoms with Gasteiger partial charge in [-0.15, -0.1) is 0 Å². The summed E-state index contributed by atoms with van der Waals surface area (Å²) in [6.45, 7) is 0.431. The van der Waals surface area contributed by atoms with E-state index in [2.05, 4.69) is 36.1 Å². The smallest absolute Gasteiger partial charge is 0.116 e. The van der Waals surface area contributed by atoms with Gasteiger partial charge in [-0.3, -0.25) is 0 Å². The Bertz CT molecular complexity index is 526. The number of halogens is 1. The molecule has 2 aromatic rings. The second-order valence-electron chi connectivity index (χ2n) is 4.59. The average molecular weight is 275 g/mol. The summed E-state index contributed by atoms with van der Waals surface area (Å²) in [6.07, 6.45) is 1.59. The molecule has 4 heteroatoms. The summed E-state index contributed by atoms with van der Waals surface area (Å²) in [6, 6.07) is 11.9. The molecule has 0 aliphatic heterocycles. The lowest BCUT2D eigenvalue weighted by Crippen LogP contribution is -2.11. The van der Waals surface area contributed by atoms with Crippen molar-refractivity contribution in [2.75, 3.05) is 14.1 Å². The van der Waals surface area contributed by atoms with Crippen molar-refractivity contribution < 1.29 is 4.39 Å². The van der Waals surface area contributed by atoms with E-state index in [4.69, 9.17) is 0 Å². The van der Waals surface area contributed by atoms with Crippen LogP contribution < -0.4 is 0 Å². The highest BCUT2D eigenvalue weighted by atomic mass is 32.2. The molecule has 1 aromatic carbocycles. The van der Waals surface area contributed by atoms with E-state index in [0.717, 1.165) is 11.6 Å². The number of hydrogen-bond donors (Lipinski definition) is 0. The molecule has 0 N–H and O–H groups in total. The summed E-state index contributed by atoms with van der Waals surface area (Å²) in [5, 5.41) is 0.892. The highest BCUT2D eigenvalue weighted by Gasteiger charge is 2.06. The summed E-state index contributed by atoms with van der Waals surface area (Å²) >= 11 is 1.62. The Kier molecular flexibility index (Phi) is 4.93. The van der Waals surface area contributed by atoms with Crippen LogP contribution in [-0.2, 0) is 13.2 Å². The molecule has 0 unspecified atom stereocenters. The molecule has 0 spiro atoms. The fourth-order valence-electron chi connectivity index (χ4n) is 1.74. The maximum Gasteiger partial charge on any atom is 0.116 e. The van der Waals surface area contributed by atoms with Crippen LogP contribution in [-0.4, -0.2) is 24.0 Å². The zero-order valence-electron chi connectivity index (χ0n) is 11.1. The zero-order valence-corrected chi connectivity index (χ0v) is 12.0. The first kappa shape index (κ1) is 14.0. The Morgan fingerprint density at radius 2 is 1.95 bits per heavy atom. The van der Waals surface area contributed by atoms with Gasteiger partial charge in [0.15, 0.2) is 0 Å². The highest BCUT2D eigenvalue weighted by Crippen LogP contribution is 2.29. The van der Waals surface area contributed by atoms with Gasteiger partial charge in [0.05, 0.1) is 0 Å². The molecule has 1 aromatic heterocycles. The van der Waals surface area contributed by atoms with Crippen LogP contribution >= 0.6 is 11.8 Å². The number of hydrogen-bond acceptors (Lipinski definition) is 3. The predicted octanol–water partition coefficient (Wildman–Crippen LogP) is 3.76. The largest absolute Gasteiger partial charge is 0.305 e. The Hall–Kier alpha value is -1.39. The molecule has 0 radical (unpaired) electrons. The first-order chi connectivity index (χ1) is 9.19. The van der Waals surface area contributed by atoms with Crippen molar-refractivity contribution >= 4 is 11.8 Å². The van der Waals surface area contributed by atoms with Gasteiger partial charge in [0.1, 0.15) is 11.7 Å². The lowest BCUT2D eigenvalue weighted by atomic mass is 10.2. The Morgan fingerprint density at radius 3 is 2.58 bits per heavy atom. The van der Waals surface area contributed by atoms with Crippen LogP contribution in [0.2, 0.25) is 0 Å². The third-order valence-corrected chi connectivity index (χ3v) is 3.69. The Labute approximate surface area is 117 Å². The standard InChI is InChI=1S/C15H17FN2S/c1-18(2)11-13-5-3-4-6-14(13)19-15-8-7-12(9-16)10-17-15/h3-8,10H,9,11H2,1-2H3/i1-1. The predicted molar refractivity (Wildman–Crippen MR) is 77.0 cm³/mol. The van der Waals surface area contributed by atoms with Crippen LogP contribution in [0.4, 0.5) is 4.39 Å². The van der Waals surface area contributed by atoms with Crippen LogP contribution in [0.5, 0.6) is 0 Å². The van der Waals surface area contributed by atoms with Crippen LogP contribution in [0.3, 0.4) is 0 Å². The van der Waals surface area contributed by atoms with E-state index >= 15 is 0 Å². The van der Waals surface area contributed by atoms with E-state index in [1.807, 2.05) is 18.2 Å². The number of nitrogens with zero attached hydrogens (tertiary/aromatic N) is 2. The number of pyridine rings is 1. The van der Waals surface area contributed by atoms with E-state index in [9.17, 15) is 4.39 Å². The zero-order chi connectivity index (χ0) is 13.7. The van der Waals surface area contributed by atoms with Gasteiger partial charge in [-0.05, 0) is 31.8 Å². The van der Waals surface area contributed by atoms with Gasteiger partial charge >= 0.3 is 0 Å². The Morgan fingerprint density at radius 1 is 1.16 bits per heavy atom. The topological polar surface area (TPSA) is 16.1 Å². The van der Waals surface area contributed by atoms with Crippen molar-refractivity contribution in [2.45, 2.75) is 23.1 Å². The molecule has 0 saturated heterocycles. The van der Waals surface area contributed by atoms with Crippen molar-refractivity contribution in [2.24, 2.45) is 0 Å². The Balaban J connectivity index is 2.17. The first-order valence-electron chi connectivity index (χ1n) is 6.10. The van der Waals surface area contributed by atoms with Crippen molar-refractivity contribution in [3.8, 4) is 0 Å². The molecule has 2 nitrogen and oxygen atoms in total. The summed E-state index contributed by atoms with van der Waals surface area (Å²) in [4.78, 5) is 7.60.